The maximum atomic E-state index is 12.0. The van der Waals surface area contributed by atoms with Crippen LogP contribution in [0.2, 0.25) is 0 Å². The number of amides is 1. The van der Waals surface area contributed by atoms with Crippen molar-refractivity contribution in [1.29, 1.82) is 0 Å². The molecule has 0 fully saturated rings. The Bertz CT molecular complexity index is 623. The minimum Gasteiger partial charge on any atom is -0.446 e. The molecular weight excluding hydrogens is 346 g/mol. The standard InChI is InChI=1S/C16H20BrN3O2/c1-10(2)14(18)16-20-13(9-22-16)15(21)19-8-7-11-3-5-12(17)6-4-11/h3-6,9-10,14H,7-8,18H2,1-2H3,(H,19,21). The van der Waals surface area contributed by atoms with E-state index < -0.39 is 0 Å². The molecule has 1 amide bonds. The predicted octanol–water partition coefficient (Wildman–Crippen LogP) is 3.07. The number of oxazole rings is 1. The van der Waals surface area contributed by atoms with Gasteiger partial charge in [-0.2, -0.15) is 0 Å². The highest BCUT2D eigenvalue weighted by Crippen LogP contribution is 2.18. The Kier molecular flexibility index (Phi) is 5.74. The highest BCUT2D eigenvalue weighted by atomic mass is 79.9. The maximum Gasteiger partial charge on any atom is 0.273 e. The van der Waals surface area contributed by atoms with Gasteiger partial charge in [-0.1, -0.05) is 41.9 Å². The smallest absolute Gasteiger partial charge is 0.273 e. The van der Waals surface area contributed by atoms with Crippen LogP contribution in [0.3, 0.4) is 0 Å². The lowest BCUT2D eigenvalue weighted by Gasteiger charge is -2.10. The summed E-state index contributed by atoms with van der Waals surface area (Å²) in [4.78, 5) is 16.2. The number of nitrogens with zero attached hydrogens (tertiary/aromatic N) is 1. The van der Waals surface area contributed by atoms with Gasteiger partial charge < -0.3 is 15.5 Å². The number of nitrogens with two attached hydrogens (primary N) is 1. The number of hydrogen-bond donors (Lipinski definition) is 2. The zero-order chi connectivity index (χ0) is 16.1. The molecule has 0 aliphatic carbocycles. The Morgan fingerprint density at radius 3 is 2.68 bits per heavy atom. The lowest BCUT2D eigenvalue weighted by molar-refractivity contribution is 0.0949. The fraction of sp³-hybridized carbons (Fsp3) is 0.375. The van der Waals surface area contributed by atoms with Crippen molar-refractivity contribution >= 4 is 21.8 Å². The van der Waals surface area contributed by atoms with E-state index in [-0.39, 0.29) is 23.6 Å². The van der Waals surface area contributed by atoms with E-state index in [2.05, 4.69) is 26.2 Å². The van der Waals surface area contributed by atoms with Gasteiger partial charge in [0, 0.05) is 11.0 Å². The molecule has 3 N–H and O–H groups in total. The van der Waals surface area contributed by atoms with Gasteiger partial charge >= 0.3 is 0 Å². The van der Waals surface area contributed by atoms with Gasteiger partial charge in [0.1, 0.15) is 6.26 Å². The highest BCUT2D eigenvalue weighted by Gasteiger charge is 2.19. The minimum atomic E-state index is -0.302. The molecule has 1 aromatic heterocycles. The summed E-state index contributed by atoms with van der Waals surface area (Å²) in [7, 11) is 0. The third-order valence-corrected chi connectivity index (χ3v) is 3.90. The van der Waals surface area contributed by atoms with Crippen LogP contribution >= 0.6 is 15.9 Å². The largest absolute Gasteiger partial charge is 0.446 e. The zero-order valence-electron chi connectivity index (χ0n) is 12.7. The van der Waals surface area contributed by atoms with E-state index in [1.165, 1.54) is 6.26 Å². The summed E-state index contributed by atoms with van der Waals surface area (Å²) < 4.78 is 6.32. The van der Waals surface area contributed by atoms with E-state index >= 15 is 0 Å². The average Bonchev–Trinajstić information content (AvgIpc) is 2.98. The number of rotatable bonds is 6. The van der Waals surface area contributed by atoms with Gasteiger partial charge in [-0.15, -0.1) is 0 Å². The lowest BCUT2D eigenvalue weighted by atomic mass is 10.1. The summed E-state index contributed by atoms with van der Waals surface area (Å²) in [6, 6.07) is 7.70. The van der Waals surface area contributed by atoms with Gasteiger partial charge in [-0.3, -0.25) is 4.79 Å². The number of nitrogens with one attached hydrogen (secondary N) is 1. The molecule has 0 bridgehead atoms. The fourth-order valence-electron chi connectivity index (χ4n) is 1.89. The number of aromatic nitrogens is 1. The molecule has 1 heterocycles. The summed E-state index contributed by atoms with van der Waals surface area (Å²) >= 11 is 3.39. The molecule has 1 aromatic carbocycles. The summed E-state index contributed by atoms with van der Waals surface area (Å²) in [6.07, 6.45) is 2.11. The third kappa shape index (κ3) is 4.42. The molecule has 1 unspecified atom stereocenters. The Morgan fingerprint density at radius 1 is 1.36 bits per heavy atom. The molecule has 5 nitrogen and oxygen atoms in total. The molecular formula is C16H20BrN3O2. The first-order chi connectivity index (χ1) is 10.5. The van der Waals surface area contributed by atoms with Gasteiger partial charge in [-0.25, -0.2) is 4.98 Å². The van der Waals surface area contributed by atoms with E-state index in [9.17, 15) is 4.79 Å². The summed E-state index contributed by atoms with van der Waals surface area (Å²) in [6.45, 7) is 4.50. The van der Waals surface area contributed by atoms with Crippen LogP contribution in [0.1, 0.15) is 41.8 Å². The van der Waals surface area contributed by atoms with Crippen molar-refractivity contribution < 1.29 is 9.21 Å². The second kappa shape index (κ2) is 7.56. The van der Waals surface area contributed by atoms with Crippen molar-refractivity contribution in [2.45, 2.75) is 26.3 Å². The summed E-state index contributed by atoms with van der Waals surface area (Å²) in [5.74, 6) is 0.350. The molecule has 22 heavy (non-hydrogen) atoms. The second-order valence-electron chi connectivity index (χ2n) is 5.47. The van der Waals surface area contributed by atoms with Crippen LogP contribution in [-0.4, -0.2) is 17.4 Å². The van der Waals surface area contributed by atoms with Crippen molar-refractivity contribution in [3.05, 3.63) is 52.1 Å². The van der Waals surface area contributed by atoms with Gasteiger partial charge in [-0.05, 0) is 30.0 Å². The van der Waals surface area contributed by atoms with Crippen LogP contribution < -0.4 is 11.1 Å². The van der Waals surface area contributed by atoms with Crippen molar-refractivity contribution in [3.63, 3.8) is 0 Å². The van der Waals surface area contributed by atoms with Crippen molar-refractivity contribution in [2.75, 3.05) is 6.54 Å². The number of carbonyl (C=O) groups is 1. The molecule has 0 aliphatic heterocycles. The quantitative estimate of drug-likeness (QED) is 0.823. The van der Waals surface area contributed by atoms with Crippen LogP contribution in [0.15, 0.2) is 39.4 Å². The molecule has 118 valence electrons. The average molecular weight is 366 g/mol. The minimum absolute atomic E-state index is 0.201. The highest BCUT2D eigenvalue weighted by molar-refractivity contribution is 9.10. The normalized spacial score (nSPS) is 12.4. The lowest BCUT2D eigenvalue weighted by Crippen LogP contribution is -2.26. The van der Waals surface area contributed by atoms with Gasteiger partial charge in [0.05, 0.1) is 6.04 Å². The monoisotopic (exact) mass is 365 g/mol. The van der Waals surface area contributed by atoms with Gasteiger partial charge in [0.2, 0.25) is 5.89 Å². The first-order valence-corrected chi connectivity index (χ1v) is 8.00. The Hall–Kier alpha value is -1.66. The number of benzene rings is 1. The van der Waals surface area contributed by atoms with Crippen molar-refractivity contribution in [3.8, 4) is 0 Å². The predicted molar refractivity (Wildman–Crippen MR) is 88.4 cm³/mol. The van der Waals surface area contributed by atoms with Gasteiger partial charge in [0.15, 0.2) is 5.69 Å². The molecule has 0 spiro atoms. The molecule has 1 atom stereocenters. The molecule has 2 aromatic rings. The molecule has 0 radical (unpaired) electrons. The Morgan fingerprint density at radius 2 is 2.05 bits per heavy atom. The summed E-state index contributed by atoms with van der Waals surface area (Å²) in [5.41, 5.74) is 7.37. The van der Waals surface area contributed by atoms with E-state index in [0.717, 1.165) is 16.5 Å². The molecule has 0 aliphatic rings. The number of halogens is 1. The second-order valence-corrected chi connectivity index (χ2v) is 6.39. The Balaban J connectivity index is 1.86. The Labute approximate surface area is 138 Å². The number of carbonyl (C=O) groups excluding carboxylic acids is 1. The van der Waals surface area contributed by atoms with Crippen LogP contribution in [0.5, 0.6) is 0 Å². The molecule has 6 heteroatoms. The van der Waals surface area contributed by atoms with Crippen LogP contribution in [0, 0.1) is 5.92 Å². The van der Waals surface area contributed by atoms with Crippen LogP contribution in [-0.2, 0) is 6.42 Å². The molecule has 2 rings (SSSR count). The third-order valence-electron chi connectivity index (χ3n) is 3.37. The van der Waals surface area contributed by atoms with E-state index in [1.807, 2.05) is 38.1 Å². The maximum absolute atomic E-state index is 12.0. The fourth-order valence-corrected chi connectivity index (χ4v) is 2.16. The van der Waals surface area contributed by atoms with Gasteiger partial charge in [0.25, 0.3) is 5.91 Å². The van der Waals surface area contributed by atoms with E-state index in [4.69, 9.17) is 10.2 Å². The van der Waals surface area contributed by atoms with Crippen molar-refractivity contribution in [2.24, 2.45) is 11.7 Å². The first kappa shape index (κ1) is 16.7. The molecule has 0 saturated carbocycles. The van der Waals surface area contributed by atoms with E-state index in [0.29, 0.717) is 12.4 Å². The number of hydrogen-bond acceptors (Lipinski definition) is 4. The van der Waals surface area contributed by atoms with Crippen LogP contribution in [0.4, 0.5) is 0 Å². The summed E-state index contributed by atoms with van der Waals surface area (Å²) in [5, 5.41) is 2.83. The topological polar surface area (TPSA) is 81.1 Å². The molecule has 0 saturated heterocycles. The van der Waals surface area contributed by atoms with E-state index in [1.54, 1.807) is 0 Å². The van der Waals surface area contributed by atoms with Crippen molar-refractivity contribution in [1.82, 2.24) is 10.3 Å². The zero-order valence-corrected chi connectivity index (χ0v) is 14.3. The first-order valence-electron chi connectivity index (χ1n) is 7.21. The SMILES string of the molecule is CC(C)C(N)c1nc(C(=O)NCCc2ccc(Br)cc2)co1. The van der Waals surface area contributed by atoms with Crippen LogP contribution in [0.25, 0.3) is 0 Å².